The predicted octanol–water partition coefficient (Wildman–Crippen LogP) is -0.546. The minimum Gasteiger partial charge on any atom is -0.374 e. The van der Waals surface area contributed by atoms with E-state index in [0.29, 0.717) is 13.0 Å². The maximum atomic E-state index is 12.2. The minimum absolute atomic E-state index is 0.0399. The summed E-state index contributed by atoms with van der Waals surface area (Å²) in [6, 6.07) is 9.51. The average Bonchev–Trinajstić information content (AvgIpc) is 2.88. The normalized spacial score (nSPS) is 20.5. The van der Waals surface area contributed by atoms with Crippen LogP contribution in [0.5, 0.6) is 0 Å². The minimum atomic E-state index is -1.14. The van der Waals surface area contributed by atoms with Crippen LogP contribution in [-0.4, -0.2) is 36.4 Å². The molecule has 4 N–H and O–H groups in total. The number of primary amides is 1. The molecule has 1 aromatic carbocycles. The lowest BCUT2D eigenvalue weighted by Crippen LogP contribution is -2.58. The molecule has 1 saturated heterocycles. The Labute approximate surface area is 128 Å². The first-order chi connectivity index (χ1) is 10.5. The number of benzene rings is 1. The molecule has 2 rings (SSSR count). The molecule has 1 aliphatic rings. The Morgan fingerprint density at radius 1 is 1.32 bits per heavy atom. The molecule has 7 heteroatoms. The van der Waals surface area contributed by atoms with Gasteiger partial charge >= 0.3 is 0 Å². The van der Waals surface area contributed by atoms with Gasteiger partial charge in [0.15, 0.2) is 0 Å². The van der Waals surface area contributed by atoms with Gasteiger partial charge in [0.25, 0.3) is 0 Å². The Morgan fingerprint density at radius 2 is 2.05 bits per heavy atom. The zero-order valence-corrected chi connectivity index (χ0v) is 12.1. The quantitative estimate of drug-likeness (QED) is 0.628. The summed E-state index contributed by atoms with van der Waals surface area (Å²) >= 11 is 0. The van der Waals surface area contributed by atoms with Gasteiger partial charge in [0.2, 0.25) is 17.7 Å². The Bertz CT molecular complexity index is 561. The van der Waals surface area contributed by atoms with Crippen LogP contribution < -0.4 is 16.4 Å². The maximum Gasteiger partial charge on any atom is 0.248 e. The molecule has 0 radical (unpaired) electrons. The van der Waals surface area contributed by atoms with Gasteiger partial charge in [-0.05, 0) is 12.0 Å². The van der Waals surface area contributed by atoms with Crippen LogP contribution in [0.15, 0.2) is 30.3 Å². The topological polar surface area (TPSA) is 111 Å². The molecule has 0 spiro atoms. The fourth-order valence-electron chi connectivity index (χ4n) is 2.32. The van der Waals surface area contributed by atoms with E-state index in [1.807, 2.05) is 30.3 Å². The van der Waals surface area contributed by atoms with E-state index in [4.69, 9.17) is 10.5 Å². The van der Waals surface area contributed by atoms with Gasteiger partial charge in [0, 0.05) is 6.42 Å². The summed E-state index contributed by atoms with van der Waals surface area (Å²) in [6.07, 6.45) is 0.573. The summed E-state index contributed by atoms with van der Waals surface area (Å²) in [5, 5.41) is 5.07. The highest BCUT2D eigenvalue weighted by Gasteiger charge is 2.44. The van der Waals surface area contributed by atoms with Crippen LogP contribution in [-0.2, 0) is 25.7 Å². The van der Waals surface area contributed by atoms with Crippen molar-refractivity contribution < 1.29 is 19.1 Å². The van der Waals surface area contributed by atoms with Crippen molar-refractivity contribution in [3.63, 3.8) is 0 Å². The molecule has 0 aromatic heterocycles. The number of ether oxygens (including phenoxy) is 1. The van der Waals surface area contributed by atoms with E-state index in [2.05, 4.69) is 10.6 Å². The van der Waals surface area contributed by atoms with Crippen LogP contribution in [0, 0.1) is 0 Å². The van der Waals surface area contributed by atoms with E-state index in [9.17, 15) is 14.4 Å². The fraction of sp³-hybridized carbons (Fsp3) is 0.400. The fourth-order valence-corrected chi connectivity index (χ4v) is 2.32. The van der Waals surface area contributed by atoms with Crippen molar-refractivity contribution in [2.45, 2.75) is 25.0 Å². The Kier molecular flexibility index (Phi) is 5.11. The lowest BCUT2D eigenvalue weighted by molar-refractivity contribution is -0.133. The molecular formula is C15H19N3O4. The summed E-state index contributed by atoms with van der Waals surface area (Å²) in [5.74, 6) is -1.30. The van der Waals surface area contributed by atoms with Crippen molar-refractivity contribution in [2.75, 3.05) is 13.2 Å². The van der Waals surface area contributed by atoms with Crippen molar-refractivity contribution in [3.05, 3.63) is 35.9 Å². The van der Waals surface area contributed by atoms with Gasteiger partial charge in [-0.25, -0.2) is 0 Å². The summed E-state index contributed by atoms with van der Waals surface area (Å²) in [5.41, 5.74) is 4.85. The van der Waals surface area contributed by atoms with Crippen LogP contribution in [0.25, 0.3) is 0 Å². The van der Waals surface area contributed by atoms with Crippen LogP contribution >= 0.6 is 0 Å². The largest absolute Gasteiger partial charge is 0.374 e. The van der Waals surface area contributed by atoms with Crippen LogP contribution in [0.1, 0.15) is 18.4 Å². The van der Waals surface area contributed by atoms with Crippen molar-refractivity contribution in [3.8, 4) is 0 Å². The maximum absolute atomic E-state index is 12.2. The van der Waals surface area contributed by atoms with Gasteiger partial charge in [-0.2, -0.15) is 0 Å². The number of rotatable bonds is 7. The zero-order valence-electron chi connectivity index (χ0n) is 12.1. The summed E-state index contributed by atoms with van der Waals surface area (Å²) in [7, 11) is 0. The van der Waals surface area contributed by atoms with Crippen LogP contribution in [0.2, 0.25) is 0 Å². The lowest BCUT2D eigenvalue weighted by atomic mass is 9.97. The van der Waals surface area contributed by atoms with E-state index in [-0.39, 0.29) is 25.5 Å². The first kappa shape index (κ1) is 16.0. The Balaban J connectivity index is 1.95. The monoisotopic (exact) mass is 305 g/mol. The molecule has 1 atom stereocenters. The smallest absolute Gasteiger partial charge is 0.248 e. The standard InChI is InChI=1S/C15H19N3O4/c16-12(19)8-17-14(21)15(7-6-13(20)18-15)10-22-9-11-4-2-1-3-5-11/h1-5H,6-10H2,(H2,16,19)(H,17,21)(H,18,20)/t15-/m1/s1. The summed E-state index contributed by atoms with van der Waals surface area (Å²) in [4.78, 5) is 34.5. The highest BCUT2D eigenvalue weighted by Crippen LogP contribution is 2.21. The van der Waals surface area contributed by atoms with E-state index in [1.54, 1.807) is 0 Å². The third-order valence-corrected chi connectivity index (χ3v) is 3.48. The van der Waals surface area contributed by atoms with Gasteiger partial charge in [0.05, 0.1) is 19.8 Å². The molecule has 0 bridgehead atoms. The van der Waals surface area contributed by atoms with Crippen molar-refractivity contribution in [1.29, 1.82) is 0 Å². The third kappa shape index (κ3) is 4.05. The number of carbonyl (C=O) groups is 3. The molecule has 0 aliphatic carbocycles. The molecule has 0 saturated carbocycles. The molecular weight excluding hydrogens is 286 g/mol. The van der Waals surface area contributed by atoms with Gasteiger partial charge < -0.3 is 21.1 Å². The van der Waals surface area contributed by atoms with E-state index >= 15 is 0 Å². The molecule has 1 fully saturated rings. The number of nitrogens with one attached hydrogen (secondary N) is 2. The van der Waals surface area contributed by atoms with Crippen LogP contribution in [0.4, 0.5) is 0 Å². The first-order valence-electron chi connectivity index (χ1n) is 7.01. The van der Waals surface area contributed by atoms with Gasteiger partial charge in [-0.3, -0.25) is 14.4 Å². The third-order valence-electron chi connectivity index (χ3n) is 3.48. The highest BCUT2D eigenvalue weighted by atomic mass is 16.5. The van der Waals surface area contributed by atoms with Gasteiger partial charge in [0.1, 0.15) is 5.54 Å². The van der Waals surface area contributed by atoms with Gasteiger partial charge in [-0.15, -0.1) is 0 Å². The summed E-state index contributed by atoms with van der Waals surface area (Å²) in [6.45, 7) is 0.106. The number of hydrogen-bond donors (Lipinski definition) is 3. The molecule has 1 aliphatic heterocycles. The van der Waals surface area contributed by atoms with Crippen molar-refractivity contribution in [1.82, 2.24) is 10.6 Å². The number of nitrogens with two attached hydrogens (primary N) is 1. The predicted molar refractivity (Wildman–Crippen MR) is 78.4 cm³/mol. The molecule has 3 amide bonds. The van der Waals surface area contributed by atoms with Crippen molar-refractivity contribution in [2.24, 2.45) is 5.73 Å². The summed E-state index contributed by atoms with van der Waals surface area (Å²) < 4.78 is 5.59. The van der Waals surface area contributed by atoms with E-state index < -0.39 is 17.4 Å². The second kappa shape index (κ2) is 7.04. The molecule has 0 unspecified atom stereocenters. The van der Waals surface area contributed by atoms with Crippen molar-refractivity contribution >= 4 is 17.7 Å². The van der Waals surface area contributed by atoms with Crippen LogP contribution in [0.3, 0.4) is 0 Å². The number of hydrogen-bond acceptors (Lipinski definition) is 4. The molecule has 1 heterocycles. The zero-order chi connectivity index (χ0) is 16.0. The molecule has 1 aromatic rings. The van der Waals surface area contributed by atoms with Gasteiger partial charge in [-0.1, -0.05) is 30.3 Å². The second-order valence-corrected chi connectivity index (χ2v) is 5.26. The molecule has 118 valence electrons. The van der Waals surface area contributed by atoms with E-state index in [0.717, 1.165) is 5.56 Å². The second-order valence-electron chi connectivity index (χ2n) is 5.26. The Morgan fingerprint density at radius 3 is 2.64 bits per heavy atom. The lowest BCUT2D eigenvalue weighted by Gasteiger charge is -2.27. The molecule has 22 heavy (non-hydrogen) atoms. The number of carbonyl (C=O) groups excluding carboxylic acids is 3. The Hall–Kier alpha value is -2.41. The number of amides is 3. The first-order valence-corrected chi connectivity index (χ1v) is 7.01. The SMILES string of the molecule is NC(=O)CNC(=O)[C@]1(COCc2ccccc2)CCC(=O)N1. The van der Waals surface area contributed by atoms with E-state index in [1.165, 1.54) is 0 Å². The average molecular weight is 305 g/mol. The highest BCUT2D eigenvalue weighted by molar-refractivity contribution is 5.96. The molecule has 7 nitrogen and oxygen atoms in total.